The summed E-state index contributed by atoms with van der Waals surface area (Å²) in [5.41, 5.74) is 6.54. The zero-order valence-corrected chi connectivity index (χ0v) is 9.99. The minimum atomic E-state index is -0.0357. The van der Waals surface area contributed by atoms with Crippen molar-refractivity contribution in [2.45, 2.75) is 5.92 Å². The van der Waals surface area contributed by atoms with Crippen molar-refractivity contribution in [1.29, 1.82) is 0 Å². The SMILES string of the molecule is NCC(COc1cccnc1)c1ccccc1O. The summed E-state index contributed by atoms with van der Waals surface area (Å²) in [7, 11) is 0. The molecule has 1 atom stereocenters. The number of phenols is 1. The highest BCUT2D eigenvalue weighted by molar-refractivity contribution is 5.35. The van der Waals surface area contributed by atoms with Crippen molar-refractivity contribution in [1.82, 2.24) is 4.98 Å². The predicted octanol–water partition coefficient (Wildman–Crippen LogP) is 1.91. The Balaban J connectivity index is 2.04. The number of pyridine rings is 1. The average Bonchev–Trinajstić information content (AvgIpc) is 2.42. The van der Waals surface area contributed by atoms with Gasteiger partial charge in [0.15, 0.2) is 0 Å². The van der Waals surface area contributed by atoms with Gasteiger partial charge in [0.1, 0.15) is 11.5 Å². The molecule has 18 heavy (non-hydrogen) atoms. The fraction of sp³-hybridized carbons (Fsp3) is 0.214. The number of ether oxygens (including phenoxy) is 1. The first-order valence-corrected chi connectivity index (χ1v) is 5.82. The number of nitrogens with zero attached hydrogens (tertiary/aromatic N) is 1. The number of aromatic hydroxyl groups is 1. The van der Waals surface area contributed by atoms with E-state index < -0.39 is 0 Å². The molecule has 0 aliphatic carbocycles. The normalized spacial score (nSPS) is 12.1. The number of aromatic nitrogens is 1. The van der Waals surface area contributed by atoms with E-state index in [4.69, 9.17) is 10.5 Å². The number of hydrogen-bond acceptors (Lipinski definition) is 4. The highest BCUT2D eigenvalue weighted by Gasteiger charge is 2.14. The van der Waals surface area contributed by atoms with E-state index in [2.05, 4.69) is 4.98 Å². The lowest BCUT2D eigenvalue weighted by Crippen LogP contribution is -2.19. The van der Waals surface area contributed by atoms with Crippen LogP contribution in [0.4, 0.5) is 0 Å². The van der Waals surface area contributed by atoms with Gasteiger partial charge in [0.25, 0.3) is 0 Å². The summed E-state index contributed by atoms with van der Waals surface area (Å²) in [5.74, 6) is 0.917. The number of para-hydroxylation sites is 1. The van der Waals surface area contributed by atoms with Crippen LogP contribution in [0, 0.1) is 0 Å². The van der Waals surface area contributed by atoms with Gasteiger partial charge in [0.2, 0.25) is 0 Å². The monoisotopic (exact) mass is 244 g/mol. The molecule has 1 aromatic heterocycles. The fourth-order valence-corrected chi connectivity index (χ4v) is 1.75. The van der Waals surface area contributed by atoms with E-state index in [9.17, 15) is 5.11 Å². The van der Waals surface area contributed by atoms with E-state index in [0.29, 0.717) is 18.9 Å². The number of hydrogen-bond donors (Lipinski definition) is 2. The zero-order chi connectivity index (χ0) is 12.8. The van der Waals surface area contributed by atoms with Gasteiger partial charge in [0.05, 0.1) is 12.8 Å². The smallest absolute Gasteiger partial charge is 0.137 e. The van der Waals surface area contributed by atoms with Crippen molar-refractivity contribution < 1.29 is 9.84 Å². The Morgan fingerprint density at radius 1 is 1.22 bits per heavy atom. The predicted molar refractivity (Wildman–Crippen MR) is 69.6 cm³/mol. The lowest BCUT2D eigenvalue weighted by Gasteiger charge is -2.17. The van der Waals surface area contributed by atoms with E-state index in [1.54, 1.807) is 24.5 Å². The van der Waals surface area contributed by atoms with Crippen molar-refractivity contribution in [3.05, 3.63) is 54.4 Å². The quantitative estimate of drug-likeness (QED) is 0.843. The van der Waals surface area contributed by atoms with E-state index in [1.807, 2.05) is 24.3 Å². The molecule has 2 rings (SSSR count). The Kier molecular flexibility index (Phi) is 4.15. The first-order chi connectivity index (χ1) is 8.81. The molecule has 4 nitrogen and oxygen atoms in total. The lowest BCUT2D eigenvalue weighted by molar-refractivity contribution is 0.286. The molecule has 1 aromatic carbocycles. The minimum Gasteiger partial charge on any atom is -0.508 e. The van der Waals surface area contributed by atoms with Gasteiger partial charge in [0, 0.05) is 24.2 Å². The molecule has 0 spiro atoms. The fourth-order valence-electron chi connectivity index (χ4n) is 1.75. The van der Waals surface area contributed by atoms with Crippen LogP contribution < -0.4 is 10.5 Å². The maximum absolute atomic E-state index is 9.79. The van der Waals surface area contributed by atoms with Crippen LogP contribution in [0.2, 0.25) is 0 Å². The third-order valence-electron chi connectivity index (χ3n) is 2.75. The van der Waals surface area contributed by atoms with Crippen LogP contribution in [-0.4, -0.2) is 23.2 Å². The van der Waals surface area contributed by atoms with Crippen molar-refractivity contribution in [2.24, 2.45) is 5.73 Å². The molecular formula is C14H16N2O2. The molecule has 0 aliphatic heterocycles. The van der Waals surface area contributed by atoms with Gasteiger partial charge in [-0.3, -0.25) is 4.98 Å². The highest BCUT2D eigenvalue weighted by atomic mass is 16.5. The molecule has 4 heteroatoms. The van der Waals surface area contributed by atoms with E-state index in [-0.39, 0.29) is 11.7 Å². The van der Waals surface area contributed by atoms with Crippen molar-refractivity contribution in [3.8, 4) is 11.5 Å². The van der Waals surface area contributed by atoms with Crippen molar-refractivity contribution in [2.75, 3.05) is 13.2 Å². The average molecular weight is 244 g/mol. The van der Waals surface area contributed by atoms with Crippen molar-refractivity contribution in [3.63, 3.8) is 0 Å². The second kappa shape index (κ2) is 6.02. The minimum absolute atomic E-state index is 0.0357. The standard InChI is InChI=1S/C14H16N2O2/c15-8-11(13-5-1-2-6-14(13)17)10-18-12-4-3-7-16-9-12/h1-7,9,11,17H,8,10,15H2. The molecule has 0 amide bonds. The molecule has 0 fully saturated rings. The van der Waals surface area contributed by atoms with Gasteiger partial charge < -0.3 is 15.6 Å². The topological polar surface area (TPSA) is 68.4 Å². The molecule has 3 N–H and O–H groups in total. The number of rotatable bonds is 5. The molecule has 0 saturated carbocycles. The first kappa shape index (κ1) is 12.4. The van der Waals surface area contributed by atoms with Gasteiger partial charge in [-0.2, -0.15) is 0 Å². The Labute approximate surface area is 106 Å². The summed E-state index contributed by atoms with van der Waals surface area (Å²) in [6.07, 6.45) is 3.34. The zero-order valence-electron chi connectivity index (χ0n) is 9.99. The van der Waals surface area contributed by atoms with Crippen LogP contribution >= 0.6 is 0 Å². The molecular weight excluding hydrogens is 228 g/mol. The van der Waals surface area contributed by atoms with E-state index >= 15 is 0 Å². The van der Waals surface area contributed by atoms with Crippen LogP contribution in [-0.2, 0) is 0 Å². The molecule has 0 bridgehead atoms. The van der Waals surface area contributed by atoms with Crippen LogP contribution in [0.25, 0.3) is 0 Å². The maximum atomic E-state index is 9.79. The second-order valence-corrected chi connectivity index (χ2v) is 3.99. The molecule has 1 unspecified atom stereocenters. The Morgan fingerprint density at radius 3 is 2.72 bits per heavy atom. The van der Waals surface area contributed by atoms with E-state index in [1.165, 1.54) is 0 Å². The number of benzene rings is 1. The summed E-state index contributed by atoms with van der Waals surface area (Å²) in [6, 6.07) is 10.8. The third-order valence-corrected chi connectivity index (χ3v) is 2.75. The Hall–Kier alpha value is -2.07. The van der Waals surface area contributed by atoms with Crippen LogP contribution in [0.3, 0.4) is 0 Å². The summed E-state index contributed by atoms with van der Waals surface area (Å²) in [4.78, 5) is 3.97. The first-order valence-electron chi connectivity index (χ1n) is 5.82. The second-order valence-electron chi connectivity index (χ2n) is 3.99. The molecule has 0 radical (unpaired) electrons. The molecule has 94 valence electrons. The van der Waals surface area contributed by atoms with Gasteiger partial charge in [-0.05, 0) is 18.2 Å². The Morgan fingerprint density at radius 2 is 2.06 bits per heavy atom. The van der Waals surface area contributed by atoms with Gasteiger partial charge in [-0.25, -0.2) is 0 Å². The molecule has 0 aliphatic rings. The van der Waals surface area contributed by atoms with E-state index in [0.717, 1.165) is 5.56 Å². The highest BCUT2D eigenvalue weighted by Crippen LogP contribution is 2.25. The number of phenolic OH excluding ortho intramolecular Hbond substituents is 1. The Bertz CT molecular complexity index is 488. The van der Waals surface area contributed by atoms with Gasteiger partial charge in [-0.15, -0.1) is 0 Å². The van der Waals surface area contributed by atoms with Crippen molar-refractivity contribution >= 4 is 0 Å². The van der Waals surface area contributed by atoms with Gasteiger partial charge in [-0.1, -0.05) is 18.2 Å². The molecule has 1 heterocycles. The van der Waals surface area contributed by atoms with Crippen LogP contribution in [0.5, 0.6) is 11.5 Å². The summed E-state index contributed by atoms with van der Waals surface area (Å²) >= 11 is 0. The lowest BCUT2D eigenvalue weighted by atomic mass is 9.99. The van der Waals surface area contributed by atoms with Gasteiger partial charge >= 0.3 is 0 Å². The maximum Gasteiger partial charge on any atom is 0.137 e. The summed E-state index contributed by atoms with van der Waals surface area (Å²) < 4.78 is 5.61. The molecule has 2 aromatic rings. The summed E-state index contributed by atoms with van der Waals surface area (Å²) in [5, 5.41) is 9.79. The van der Waals surface area contributed by atoms with Crippen LogP contribution in [0.1, 0.15) is 11.5 Å². The number of nitrogens with two attached hydrogens (primary N) is 1. The molecule has 0 saturated heterocycles. The third kappa shape index (κ3) is 2.99. The van der Waals surface area contributed by atoms with Crippen LogP contribution in [0.15, 0.2) is 48.8 Å². The largest absolute Gasteiger partial charge is 0.508 e. The summed E-state index contributed by atoms with van der Waals surface area (Å²) in [6.45, 7) is 0.831.